The van der Waals surface area contributed by atoms with Crippen molar-refractivity contribution >= 4 is 22.0 Å². The number of nitrogens with one attached hydrogen (secondary N) is 1. The number of hydrogen-bond acceptors (Lipinski definition) is 1. The summed E-state index contributed by atoms with van der Waals surface area (Å²) >= 11 is 3.49. The van der Waals surface area contributed by atoms with E-state index in [0.29, 0.717) is 0 Å². The van der Waals surface area contributed by atoms with Gasteiger partial charge in [0, 0.05) is 4.47 Å². The highest BCUT2D eigenvalue weighted by Gasteiger charge is 1.93. The van der Waals surface area contributed by atoms with E-state index in [2.05, 4.69) is 58.5 Å². The van der Waals surface area contributed by atoms with E-state index in [9.17, 15) is 0 Å². The van der Waals surface area contributed by atoms with Crippen LogP contribution in [0.1, 0.15) is 17.5 Å². The molecule has 0 spiro atoms. The van der Waals surface area contributed by atoms with Crippen molar-refractivity contribution in [2.75, 3.05) is 13.6 Å². The molecule has 0 heterocycles. The standard InChI is InChI=1S/C12H16BrN/c1-10-9-11(6-7-12(10)13)5-3-4-8-14-2/h3,5-7,9,14H,4,8H2,1-2H3. The van der Waals surface area contributed by atoms with Gasteiger partial charge in [-0.1, -0.05) is 40.2 Å². The summed E-state index contributed by atoms with van der Waals surface area (Å²) in [6.45, 7) is 3.14. The van der Waals surface area contributed by atoms with Crippen LogP contribution < -0.4 is 5.32 Å². The molecule has 1 aromatic carbocycles. The van der Waals surface area contributed by atoms with Crippen molar-refractivity contribution in [3.05, 3.63) is 39.9 Å². The van der Waals surface area contributed by atoms with E-state index in [4.69, 9.17) is 0 Å². The minimum atomic E-state index is 1.03. The zero-order valence-corrected chi connectivity index (χ0v) is 10.3. The van der Waals surface area contributed by atoms with Crippen LogP contribution in [0.3, 0.4) is 0 Å². The third-order valence-corrected chi connectivity index (χ3v) is 2.94. The number of benzene rings is 1. The molecule has 2 heteroatoms. The number of aryl methyl sites for hydroxylation is 1. The lowest BCUT2D eigenvalue weighted by Crippen LogP contribution is -2.05. The van der Waals surface area contributed by atoms with Gasteiger partial charge in [0.15, 0.2) is 0 Å². The summed E-state index contributed by atoms with van der Waals surface area (Å²) in [6.07, 6.45) is 5.43. The second-order valence-electron chi connectivity index (χ2n) is 3.30. The molecule has 0 saturated heterocycles. The molecule has 0 radical (unpaired) electrons. The van der Waals surface area contributed by atoms with Gasteiger partial charge in [0.25, 0.3) is 0 Å². The van der Waals surface area contributed by atoms with Gasteiger partial charge in [-0.2, -0.15) is 0 Å². The molecule has 1 nitrogen and oxygen atoms in total. The van der Waals surface area contributed by atoms with Crippen LogP contribution in [0.2, 0.25) is 0 Å². The van der Waals surface area contributed by atoms with Gasteiger partial charge in [0.2, 0.25) is 0 Å². The highest BCUT2D eigenvalue weighted by Crippen LogP contribution is 2.17. The smallest absolute Gasteiger partial charge is 0.0204 e. The van der Waals surface area contributed by atoms with Crippen molar-refractivity contribution in [3.63, 3.8) is 0 Å². The summed E-state index contributed by atoms with van der Waals surface area (Å²) in [5, 5.41) is 3.12. The Balaban J connectivity index is 2.59. The van der Waals surface area contributed by atoms with Gasteiger partial charge in [0.1, 0.15) is 0 Å². The molecule has 0 bridgehead atoms. The van der Waals surface area contributed by atoms with Crippen molar-refractivity contribution in [1.29, 1.82) is 0 Å². The van der Waals surface area contributed by atoms with Crippen LogP contribution in [-0.4, -0.2) is 13.6 Å². The summed E-state index contributed by atoms with van der Waals surface area (Å²) in [5.74, 6) is 0. The zero-order chi connectivity index (χ0) is 10.4. The fourth-order valence-corrected chi connectivity index (χ4v) is 1.47. The molecule has 0 aromatic heterocycles. The molecule has 0 aliphatic carbocycles. The first kappa shape index (κ1) is 11.5. The van der Waals surface area contributed by atoms with Gasteiger partial charge in [-0.15, -0.1) is 0 Å². The van der Waals surface area contributed by atoms with Gasteiger partial charge in [-0.3, -0.25) is 0 Å². The predicted molar refractivity (Wildman–Crippen MR) is 66.5 cm³/mol. The lowest BCUT2D eigenvalue weighted by molar-refractivity contribution is 0.809. The van der Waals surface area contributed by atoms with Gasteiger partial charge in [0.05, 0.1) is 0 Å². The van der Waals surface area contributed by atoms with Crippen molar-refractivity contribution in [2.45, 2.75) is 13.3 Å². The fraction of sp³-hybridized carbons (Fsp3) is 0.333. The summed E-state index contributed by atoms with van der Waals surface area (Å²) in [5.41, 5.74) is 2.54. The predicted octanol–water partition coefficient (Wildman–Crippen LogP) is 3.38. The van der Waals surface area contributed by atoms with E-state index < -0.39 is 0 Å². The zero-order valence-electron chi connectivity index (χ0n) is 8.68. The minimum absolute atomic E-state index is 1.03. The Morgan fingerprint density at radius 2 is 2.21 bits per heavy atom. The van der Waals surface area contributed by atoms with Crippen LogP contribution in [0.15, 0.2) is 28.7 Å². The lowest BCUT2D eigenvalue weighted by atomic mass is 10.1. The first-order valence-electron chi connectivity index (χ1n) is 4.81. The number of hydrogen-bond donors (Lipinski definition) is 1. The Morgan fingerprint density at radius 3 is 2.86 bits per heavy atom. The Hall–Kier alpha value is -0.600. The largest absolute Gasteiger partial charge is 0.319 e. The average molecular weight is 254 g/mol. The first-order chi connectivity index (χ1) is 6.74. The second-order valence-corrected chi connectivity index (χ2v) is 4.16. The van der Waals surface area contributed by atoms with E-state index in [1.165, 1.54) is 15.6 Å². The third-order valence-electron chi connectivity index (χ3n) is 2.05. The first-order valence-corrected chi connectivity index (χ1v) is 5.60. The summed E-state index contributed by atoms with van der Waals surface area (Å²) in [7, 11) is 1.97. The maximum Gasteiger partial charge on any atom is 0.0204 e. The molecule has 1 rings (SSSR count). The van der Waals surface area contributed by atoms with Gasteiger partial charge in [-0.05, 0) is 44.1 Å². The van der Waals surface area contributed by atoms with E-state index in [0.717, 1.165) is 13.0 Å². The summed E-state index contributed by atoms with van der Waals surface area (Å²) < 4.78 is 1.17. The number of halogens is 1. The van der Waals surface area contributed by atoms with Crippen LogP contribution >= 0.6 is 15.9 Å². The van der Waals surface area contributed by atoms with Crippen LogP contribution in [-0.2, 0) is 0 Å². The second kappa shape index (κ2) is 5.99. The molecule has 0 saturated carbocycles. The number of rotatable bonds is 4. The van der Waals surface area contributed by atoms with E-state index in [1.807, 2.05) is 7.05 Å². The maximum atomic E-state index is 3.49. The minimum Gasteiger partial charge on any atom is -0.319 e. The highest BCUT2D eigenvalue weighted by molar-refractivity contribution is 9.10. The Kier molecular flexibility index (Phi) is 4.91. The molecule has 0 amide bonds. The van der Waals surface area contributed by atoms with Crippen molar-refractivity contribution < 1.29 is 0 Å². The van der Waals surface area contributed by atoms with E-state index >= 15 is 0 Å². The molecule has 1 aromatic rings. The highest BCUT2D eigenvalue weighted by atomic mass is 79.9. The molecule has 1 N–H and O–H groups in total. The lowest BCUT2D eigenvalue weighted by Gasteiger charge is -1.99. The van der Waals surface area contributed by atoms with Gasteiger partial charge >= 0.3 is 0 Å². The molecule has 14 heavy (non-hydrogen) atoms. The van der Waals surface area contributed by atoms with Crippen molar-refractivity contribution in [1.82, 2.24) is 5.32 Å². The molecule has 0 atom stereocenters. The monoisotopic (exact) mass is 253 g/mol. The summed E-state index contributed by atoms with van der Waals surface area (Å²) in [4.78, 5) is 0. The SMILES string of the molecule is CNCCC=Cc1ccc(Br)c(C)c1. The van der Waals surface area contributed by atoms with Crippen LogP contribution in [0.5, 0.6) is 0 Å². The van der Waals surface area contributed by atoms with E-state index in [-0.39, 0.29) is 0 Å². The quantitative estimate of drug-likeness (QED) is 0.812. The van der Waals surface area contributed by atoms with Crippen LogP contribution in [0.4, 0.5) is 0 Å². The average Bonchev–Trinajstić information content (AvgIpc) is 2.18. The molecule has 0 aliphatic rings. The van der Waals surface area contributed by atoms with Crippen molar-refractivity contribution in [3.8, 4) is 0 Å². The molecule has 76 valence electrons. The van der Waals surface area contributed by atoms with Gasteiger partial charge in [-0.25, -0.2) is 0 Å². The normalized spacial score (nSPS) is 11.1. The fourth-order valence-electron chi connectivity index (χ4n) is 1.22. The Bertz CT molecular complexity index is 318. The molecule has 0 unspecified atom stereocenters. The molecular weight excluding hydrogens is 238 g/mol. The molecule has 0 fully saturated rings. The Labute approximate surface area is 94.3 Å². The topological polar surface area (TPSA) is 12.0 Å². The Morgan fingerprint density at radius 1 is 1.43 bits per heavy atom. The third kappa shape index (κ3) is 3.64. The van der Waals surface area contributed by atoms with Crippen LogP contribution in [0, 0.1) is 6.92 Å². The summed E-state index contributed by atoms with van der Waals surface area (Å²) in [6, 6.07) is 6.39. The maximum absolute atomic E-state index is 3.49. The molecular formula is C12H16BrN. The van der Waals surface area contributed by atoms with Crippen LogP contribution in [0.25, 0.3) is 6.08 Å². The van der Waals surface area contributed by atoms with Crippen molar-refractivity contribution in [2.24, 2.45) is 0 Å². The molecule has 0 aliphatic heterocycles. The van der Waals surface area contributed by atoms with Gasteiger partial charge < -0.3 is 5.32 Å². The van der Waals surface area contributed by atoms with E-state index in [1.54, 1.807) is 0 Å².